The van der Waals surface area contributed by atoms with Gasteiger partial charge in [0, 0.05) is 53.9 Å². The Labute approximate surface area is 291 Å². The van der Waals surface area contributed by atoms with Crippen LogP contribution in [0.15, 0.2) is 48.8 Å². The Morgan fingerprint density at radius 1 is 0.896 bits per heavy atom. The molecule has 4 heterocycles. The summed E-state index contributed by atoms with van der Waals surface area (Å²) in [6.45, 7) is 4.22. The molecule has 252 valence electrons. The number of aryl methyl sites for hydroxylation is 1. The minimum absolute atomic E-state index is 0.126. The third kappa shape index (κ3) is 7.57. The smallest absolute Gasteiger partial charge is 0.237 e. The van der Waals surface area contributed by atoms with Crippen LogP contribution < -0.4 is 20.1 Å². The molecule has 2 aliphatic heterocycles. The van der Waals surface area contributed by atoms with Crippen molar-refractivity contribution in [2.75, 3.05) is 27.4 Å². The second-order valence-electron chi connectivity index (χ2n) is 12.3. The Balaban J connectivity index is 1.22. The van der Waals surface area contributed by atoms with E-state index < -0.39 is 0 Å². The SMILES string of the molecule is COc1nc(-c2cccc(-c3cccc(-c4cnc(CN[C@@H]5CCOC[C@H]5C)c(OC)n4)c3Cl)c2Cl)cnc1CCC[C@@H]1CCC(=O)N1. The van der Waals surface area contributed by atoms with Gasteiger partial charge in [0.25, 0.3) is 0 Å². The summed E-state index contributed by atoms with van der Waals surface area (Å²) in [6.07, 6.45) is 8.33. The predicted octanol–water partition coefficient (Wildman–Crippen LogP) is 6.71. The molecule has 0 bridgehead atoms. The summed E-state index contributed by atoms with van der Waals surface area (Å²) in [6, 6.07) is 12.1. The number of halogens is 2. The summed E-state index contributed by atoms with van der Waals surface area (Å²) in [4.78, 5) is 30.5. The van der Waals surface area contributed by atoms with Crippen LogP contribution in [-0.4, -0.2) is 65.4 Å². The van der Waals surface area contributed by atoms with Crippen molar-refractivity contribution in [2.45, 2.75) is 64.1 Å². The summed E-state index contributed by atoms with van der Waals surface area (Å²) in [5.41, 5.74) is 5.59. The molecule has 2 fully saturated rings. The van der Waals surface area contributed by atoms with E-state index in [1.807, 2.05) is 36.4 Å². The summed E-state index contributed by atoms with van der Waals surface area (Å²) in [5, 5.41) is 7.59. The van der Waals surface area contributed by atoms with Crippen LogP contribution in [0, 0.1) is 5.92 Å². The molecule has 12 heteroatoms. The molecule has 0 saturated carbocycles. The number of aromatic nitrogens is 4. The molecule has 2 aromatic heterocycles. The lowest BCUT2D eigenvalue weighted by molar-refractivity contribution is -0.119. The van der Waals surface area contributed by atoms with Gasteiger partial charge in [-0.1, -0.05) is 66.5 Å². The normalized spacial score (nSPS) is 19.3. The number of ether oxygens (including phenoxy) is 3. The zero-order valence-corrected chi connectivity index (χ0v) is 28.9. The number of nitrogens with one attached hydrogen (secondary N) is 2. The van der Waals surface area contributed by atoms with E-state index >= 15 is 0 Å². The van der Waals surface area contributed by atoms with E-state index in [4.69, 9.17) is 52.4 Å². The van der Waals surface area contributed by atoms with E-state index in [2.05, 4.69) is 22.5 Å². The number of carbonyl (C=O) groups is 1. The van der Waals surface area contributed by atoms with Gasteiger partial charge in [-0.3, -0.25) is 14.8 Å². The van der Waals surface area contributed by atoms with Gasteiger partial charge in [0.2, 0.25) is 17.7 Å². The van der Waals surface area contributed by atoms with Gasteiger partial charge >= 0.3 is 0 Å². The van der Waals surface area contributed by atoms with Gasteiger partial charge < -0.3 is 24.8 Å². The molecule has 2 aliphatic rings. The van der Waals surface area contributed by atoms with Crippen LogP contribution in [0.25, 0.3) is 33.6 Å². The first-order valence-corrected chi connectivity index (χ1v) is 17.1. The monoisotopic (exact) mass is 690 g/mol. The molecule has 1 amide bonds. The molecule has 4 aromatic rings. The highest BCUT2D eigenvalue weighted by Gasteiger charge is 2.24. The minimum Gasteiger partial charge on any atom is -0.480 e. The maximum Gasteiger partial charge on any atom is 0.237 e. The molecule has 2 aromatic carbocycles. The second kappa shape index (κ2) is 15.6. The van der Waals surface area contributed by atoms with Crippen molar-refractivity contribution in [3.63, 3.8) is 0 Å². The molecule has 2 N–H and O–H groups in total. The molecule has 0 spiro atoms. The zero-order valence-electron chi connectivity index (χ0n) is 27.4. The lowest BCUT2D eigenvalue weighted by atomic mass is 9.98. The number of hydrogen-bond donors (Lipinski definition) is 2. The van der Waals surface area contributed by atoms with Gasteiger partial charge in [-0.05, 0) is 38.0 Å². The maximum atomic E-state index is 11.5. The third-order valence-corrected chi connectivity index (χ3v) is 9.89. The van der Waals surface area contributed by atoms with Crippen LogP contribution in [0.4, 0.5) is 0 Å². The molecule has 0 unspecified atom stereocenters. The predicted molar refractivity (Wildman–Crippen MR) is 186 cm³/mol. The molecular formula is C36H40Cl2N6O4. The summed E-state index contributed by atoms with van der Waals surface area (Å²) in [5.74, 6) is 1.45. The van der Waals surface area contributed by atoms with E-state index in [1.165, 1.54) is 0 Å². The number of methoxy groups -OCH3 is 2. The van der Waals surface area contributed by atoms with Crippen molar-refractivity contribution in [3.8, 4) is 45.4 Å². The van der Waals surface area contributed by atoms with Crippen molar-refractivity contribution in [2.24, 2.45) is 5.92 Å². The highest BCUT2D eigenvalue weighted by atomic mass is 35.5. The number of benzene rings is 2. The van der Waals surface area contributed by atoms with Crippen molar-refractivity contribution < 1.29 is 19.0 Å². The second-order valence-corrected chi connectivity index (χ2v) is 13.0. The lowest BCUT2D eigenvalue weighted by Crippen LogP contribution is -2.41. The highest BCUT2D eigenvalue weighted by molar-refractivity contribution is 6.39. The largest absolute Gasteiger partial charge is 0.480 e. The zero-order chi connectivity index (χ0) is 33.6. The summed E-state index contributed by atoms with van der Waals surface area (Å²) < 4.78 is 16.8. The number of amides is 1. The first kappa shape index (κ1) is 34.0. The van der Waals surface area contributed by atoms with Gasteiger partial charge in [-0.2, -0.15) is 0 Å². The topological polar surface area (TPSA) is 120 Å². The molecule has 48 heavy (non-hydrogen) atoms. The average molecular weight is 692 g/mol. The lowest BCUT2D eigenvalue weighted by Gasteiger charge is -2.29. The molecule has 6 rings (SSSR count). The van der Waals surface area contributed by atoms with Gasteiger partial charge in [0.1, 0.15) is 11.4 Å². The quantitative estimate of drug-likeness (QED) is 0.167. The van der Waals surface area contributed by atoms with Crippen LogP contribution in [-0.2, 0) is 22.5 Å². The molecular weight excluding hydrogens is 651 g/mol. The minimum atomic E-state index is 0.126. The average Bonchev–Trinajstić information content (AvgIpc) is 3.53. The number of rotatable bonds is 12. The van der Waals surface area contributed by atoms with E-state index in [9.17, 15) is 4.79 Å². The Morgan fingerprint density at radius 3 is 2.08 bits per heavy atom. The first-order chi connectivity index (χ1) is 23.4. The summed E-state index contributed by atoms with van der Waals surface area (Å²) in [7, 11) is 3.19. The van der Waals surface area contributed by atoms with Gasteiger partial charge in [0.05, 0.1) is 54.7 Å². The van der Waals surface area contributed by atoms with Gasteiger partial charge in [-0.25, -0.2) is 9.97 Å². The summed E-state index contributed by atoms with van der Waals surface area (Å²) >= 11 is 14.1. The first-order valence-electron chi connectivity index (χ1n) is 16.3. The van der Waals surface area contributed by atoms with Crippen LogP contribution in [0.2, 0.25) is 10.0 Å². The molecule has 10 nitrogen and oxygen atoms in total. The van der Waals surface area contributed by atoms with Crippen LogP contribution in [0.3, 0.4) is 0 Å². The van der Waals surface area contributed by atoms with E-state index in [-0.39, 0.29) is 11.9 Å². The Kier molecular flexibility index (Phi) is 11.1. The Morgan fingerprint density at radius 2 is 1.50 bits per heavy atom. The standard InChI is InChI=1S/C36H40Cl2N6O4/c1-21-20-48-16-15-27(21)39-19-31-36(47-3)44-30(18-41-31)26-11-6-9-24(34(26)38)23-8-5-10-25(33(23)37)29-17-40-28(35(43-29)46-2)12-4-7-22-13-14-32(45)42-22/h5-6,8-11,17-18,21-22,27,39H,4,7,12-16,19-20H2,1-3H3,(H,42,45)/t21-,22-,27-/m1/s1. The number of hydrogen-bond acceptors (Lipinski definition) is 9. The van der Waals surface area contributed by atoms with Crippen molar-refractivity contribution in [1.29, 1.82) is 0 Å². The van der Waals surface area contributed by atoms with E-state index in [1.54, 1.807) is 26.6 Å². The maximum absolute atomic E-state index is 11.5. The van der Waals surface area contributed by atoms with Gasteiger partial charge in [0.15, 0.2) is 0 Å². The van der Waals surface area contributed by atoms with Crippen LogP contribution >= 0.6 is 23.2 Å². The van der Waals surface area contributed by atoms with E-state index in [0.717, 1.165) is 61.4 Å². The molecule has 2 saturated heterocycles. The number of nitrogens with zero attached hydrogens (tertiary/aromatic N) is 4. The fraction of sp³-hybridized carbons (Fsp3) is 0.417. The van der Waals surface area contributed by atoms with Gasteiger partial charge in [-0.15, -0.1) is 0 Å². The van der Waals surface area contributed by atoms with Crippen LogP contribution in [0.1, 0.15) is 50.4 Å². The van der Waals surface area contributed by atoms with Crippen molar-refractivity contribution in [3.05, 3.63) is 70.2 Å². The van der Waals surface area contributed by atoms with Crippen molar-refractivity contribution >= 4 is 29.1 Å². The highest BCUT2D eigenvalue weighted by Crippen LogP contribution is 2.42. The van der Waals surface area contributed by atoms with E-state index in [0.29, 0.717) is 75.7 Å². The molecule has 0 radical (unpaired) electrons. The Bertz CT molecular complexity index is 1770. The molecule has 3 atom stereocenters. The Hall–Kier alpha value is -3.83. The number of carbonyl (C=O) groups excluding carboxylic acids is 1. The van der Waals surface area contributed by atoms with Crippen molar-refractivity contribution in [1.82, 2.24) is 30.6 Å². The third-order valence-electron chi connectivity index (χ3n) is 9.07. The van der Waals surface area contributed by atoms with Crippen LogP contribution in [0.5, 0.6) is 11.8 Å². The molecule has 0 aliphatic carbocycles. The fourth-order valence-corrected chi connectivity index (χ4v) is 7.02. The fourth-order valence-electron chi connectivity index (χ4n) is 6.37.